The molecule has 2 aromatic rings. The predicted octanol–water partition coefficient (Wildman–Crippen LogP) is 0.937. The van der Waals surface area contributed by atoms with Crippen molar-refractivity contribution in [2.24, 2.45) is 0 Å². The van der Waals surface area contributed by atoms with Crippen molar-refractivity contribution >= 4 is 11.6 Å². The second kappa shape index (κ2) is 4.36. The smallest absolute Gasteiger partial charge is 0.334 e. The standard InChI is InChI=1S/C11H9ClN4O/c12-9-3-1-8(2-4-9)6-15-7-10(5-13)16(14)11(15)17/h1-4,7H,6,14H2. The highest BCUT2D eigenvalue weighted by Crippen LogP contribution is 2.10. The molecule has 0 atom stereocenters. The number of rotatable bonds is 2. The normalized spacial score (nSPS) is 10.1. The van der Waals surface area contributed by atoms with Crippen molar-refractivity contribution in [3.8, 4) is 6.07 Å². The number of benzene rings is 1. The summed E-state index contributed by atoms with van der Waals surface area (Å²) in [6.45, 7) is 0.356. The van der Waals surface area contributed by atoms with E-state index in [1.165, 1.54) is 10.8 Å². The third-order valence-corrected chi connectivity index (χ3v) is 2.62. The van der Waals surface area contributed by atoms with Gasteiger partial charge in [-0.05, 0) is 17.7 Å². The van der Waals surface area contributed by atoms with Gasteiger partial charge in [0.05, 0.1) is 6.54 Å². The molecule has 5 nitrogen and oxygen atoms in total. The molecule has 0 aliphatic heterocycles. The van der Waals surface area contributed by atoms with Crippen LogP contribution in [0.15, 0.2) is 35.3 Å². The summed E-state index contributed by atoms with van der Waals surface area (Å²) in [6.07, 6.45) is 1.43. The first-order chi connectivity index (χ1) is 8.11. The van der Waals surface area contributed by atoms with Gasteiger partial charge in [-0.15, -0.1) is 0 Å². The Bertz CT molecular complexity index is 633. The van der Waals surface area contributed by atoms with Gasteiger partial charge in [-0.1, -0.05) is 23.7 Å². The first kappa shape index (κ1) is 11.3. The van der Waals surface area contributed by atoms with E-state index in [1.807, 2.05) is 18.2 Å². The molecule has 1 heterocycles. The Kier molecular flexibility index (Phi) is 2.90. The molecule has 0 aliphatic carbocycles. The Morgan fingerprint density at radius 3 is 2.53 bits per heavy atom. The Morgan fingerprint density at radius 1 is 1.35 bits per heavy atom. The highest BCUT2D eigenvalue weighted by atomic mass is 35.5. The average molecular weight is 249 g/mol. The quantitative estimate of drug-likeness (QED) is 0.804. The summed E-state index contributed by atoms with van der Waals surface area (Å²) in [7, 11) is 0. The van der Waals surface area contributed by atoms with Crippen LogP contribution in [0.3, 0.4) is 0 Å². The van der Waals surface area contributed by atoms with Gasteiger partial charge >= 0.3 is 5.69 Å². The van der Waals surface area contributed by atoms with Crippen LogP contribution in [0.4, 0.5) is 0 Å². The number of aromatic nitrogens is 2. The lowest BCUT2D eigenvalue weighted by molar-refractivity contribution is 0.733. The topological polar surface area (TPSA) is 76.7 Å². The number of halogens is 1. The van der Waals surface area contributed by atoms with Gasteiger partial charge in [0.15, 0.2) is 5.69 Å². The van der Waals surface area contributed by atoms with Crippen LogP contribution < -0.4 is 11.5 Å². The summed E-state index contributed by atoms with van der Waals surface area (Å²) in [5.41, 5.74) is 0.618. The van der Waals surface area contributed by atoms with Gasteiger partial charge in [0.2, 0.25) is 0 Å². The van der Waals surface area contributed by atoms with Gasteiger partial charge in [0, 0.05) is 11.2 Å². The lowest BCUT2D eigenvalue weighted by Gasteiger charge is -2.01. The minimum Gasteiger partial charge on any atom is -0.334 e. The Morgan fingerprint density at radius 2 is 2.00 bits per heavy atom. The average Bonchev–Trinajstić information content (AvgIpc) is 2.60. The Labute approximate surface area is 102 Å². The van der Waals surface area contributed by atoms with Crippen molar-refractivity contribution in [2.45, 2.75) is 6.54 Å². The second-order valence-corrected chi connectivity index (χ2v) is 3.97. The monoisotopic (exact) mass is 248 g/mol. The van der Waals surface area contributed by atoms with Gasteiger partial charge in [0.1, 0.15) is 6.07 Å². The van der Waals surface area contributed by atoms with Crippen LogP contribution in [0.2, 0.25) is 5.02 Å². The lowest BCUT2D eigenvalue weighted by atomic mass is 10.2. The Hall–Kier alpha value is -2.19. The minimum absolute atomic E-state index is 0.129. The fourth-order valence-electron chi connectivity index (χ4n) is 1.49. The fraction of sp³-hybridized carbons (Fsp3) is 0.0909. The minimum atomic E-state index is -0.420. The van der Waals surface area contributed by atoms with Crippen molar-refractivity contribution in [3.05, 3.63) is 57.2 Å². The van der Waals surface area contributed by atoms with E-state index in [2.05, 4.69) is 0 Å². The maximum absolute atomic E-state index is 11.6. The predicted molar refractivity (Wildman–Crippen MR) is 64.1 cm³/mol. The third-order valence-electron chi connectivity index (χ3n) is 2.37. The summed E-state index contributed by atoms with van der Waals surface area (Å²) in [5.74, 6) is 5.43. The zero-order chi connectivity index (χ0) is 12.4. The zero-order valence-corrected chi connectivity index (χ0v) is 9.55. The molecule has 0 amide bonds. The van der Waals surface area contributed by atoms with Crippen LogP contribution in [0.1, 0.15) is 11.3 Å². The van der Waals surface area contributed by atoms with Crippen molar-refractivity contribution in [1.82, 2.24) is 9.24 Å². The maximum atomic E-state index is 11.6. The lowest BCUT2D eigenvalue weighted by Crippen LogP contribution is -2.30. The molecule has 17 heavy (non-hydrogen) atoms. The summed E-state index contributed by atoms with van der Waals surface area (Å²) >= 11 is 5.76. The number of nitrogen functional groups attached to an aromatic ring is 1. The largest absolute Gasteiger partial charge is 0.348 e. The zero-order valence-electron chi connectivity index (χ0n) is 8.80. The molecule has 0 unspecified atom stereocenters. The molecule has 0 bridgehead atoms. The van der Waals surface area contributed by atoms with Gasteiger partial charge in [-0.2, -0.15) is 9.94 Å². The van der Waals surface area contributed by atoms with E-state index < -0.39 is 5.69 Å². The van der Waals surface area contributed by atoms with E-state index in [0.717, 1.165) is 10.2 Å². The molecule has 2 rings (SSSR count). The summed E-state index contributed by atoms with van der Waals surface area (Å²) in [4.78, 5) is 11.6. The number of nitriles is 1. The second-order valence-electron chi connectivity index (χ2n) is 3.53. The summed E-state index contributed by atoms with van der Waals surface area (Å²) < 4.78 is 2.21. The maximum Gasteiger partial charge on any atom is 0.348 e. The van der Waals surface area contributed by atoms with E-state index in [-0.39, 0.29) is 5.69 Å². The number of nitrogens with zero attached hydrogens (tertiary/aromatic N) is 3. The molecule has 0 spiro atoms. The molecule has 0 saturated carbocycles. The molecular weight excluding hydrogens is 240 g/mol. The van der Waals surface area contributed by atoms with Crippen LogP contribution in [0.25, 0.3) is 0 Å². The van der Waals surface area contributed by atoms with Crippen molar-refractivity contribution < 1.29 is 0 Å². The number of hydrogen-bond donors (Lipinski definition) is 1. The van der Waals surface area contributed by atoms with E-state index in [0.29, 0.717) is 11.6 Å². The number of nitrogens with two attached hydrogens (primary N) is 1. The molecule has 0 aliphatic rings. The van der Waals surface area contributed by atoms with Crippen molar-refractivity contribution in [3.63, 3.8) is 0 Å². The molecule has 0 radical (unpaired) electrons. The van der Waals surface area contributed by atoms with E-state index in [4.69, 9.17) is 22.7 Å². The van der Waals surface area contributed by atoms with Crippen molar-refractivity contribution in [2.75, 3.05) is 5.84 Å². The molecule has 0 fully saturated rings. The highest BCUT2D eigenvalue weighted by molar-refractivity contribution is 6.30. The van der Waals surface area contributed by atoms with E-state index in [1.54, 1.807) is 12.1 Å². The first-order valence-corrected chi connectivity index (χ1v) is 5.21. The highest BCUT2D eigenvalue weighted by Gasteiger charge is 2.08. The molecular formula is C11H9ClN4O. The summed E-state index contributed by atoms with van der Waals surface area (Å²) in [5, 5.41) is 9.37. The van der Waals surface area contributed by atoms with E-state index in [9.17, 15) is 4.79 Å². The van der Waals surface area contributed by atoms with E-state index >= 15 is 0 Å². The van der Waals surface area contributed by atoms with Gasteiger partial charge in [0.25, 0.3) is 0 Å². The molecule has 0 saturated heterocycles. The van der Waals surface area contributed by atoms with Gasteiger partial charge in [-0.3, -0.25) is 4.57 Å². The van der Waals surface area contributed by atoms with Crippen molar-refractivity contribution in [1.29, 1.82) is 5.26 Å². The first-order valence-electron chi connectivity index (χ1n) is 4.83. The van der Waals surface area contributed by atoms with Crippen LogP contribution in [-0.4, -0.2) is 9.24 Å². The van der Waals surface area contributed by atoms with Gasteiger partial charge < -0.3 is 5.84 Å². The molecule has 86 valence electrons. The van der Waals surface area contributed by atoms with Crippen LogP contribution >= 0.6 is 11.6 Å². The number of hydrogen-bond acceptors (Lipinski definition) is 3. The fourth-order valence-corrected chi connectivity index (χ4v) is 1.61. The summed E-state index contributed by atoms with van der Waals surface area (Å²) in [6, 6.07) is 8.96. The number of imidazole rings is 1. The van der Waals surface area contributed by atoms with Crippen LogP contribution in [-0.2, 0) is 6.54 Å². The molecule has 6 heteroatoms. The van der Waals surface area contributed by atoms with Crippen LogP contribution in [0, 0.1) is 11.3 Å². The SMILES string of the molecule is N#Cc1cn(Cc2ccc(Cl)cc2)c(=O)n1N. The van der Waals surface area contributed by atoms with Gasteiger partial charge in [-0.25, -0.2) is 4.79 Å². The van der Waals surface area contributed by atoms with Crippen LogP contribution in [0.5, 0.6) is 0 Å². The molecule has 1 aromatic heterocycles. The Balaban J connectivity index is 2.34. The molecule has 1 aromatic carbocycles. The molecule has 2 N–H and O–H groups in total. The third kappa shape index (κ3) is 2.17.